The third-order valence-corrected chi connectivity index (χ3v) is 4.61. The summed E-state index contributed by atoms with van der Waals surface area (Å²) in [6, 6.07) is 16.0. The maximum atomic E-state index is 12.5. The van der Waals surface area contributed by atoms with Gasteiger partial charge < -0.3 is 19.9 Å². The van der Waals surface area contributed by atoms with Gasteiger partial charge in [0.05, 0.1) is 12.8 Å². The second-order valence-corrected chi connectivity index (χ2v) is 6.13. The zero-order chi connectivity index (χ0) is 17.6. The van der Waals surface area contributed by atoms with E-state index in [9.17, 15) is 4.79 Å². The summed E-state index contributed by atoms with van der Waals surface area (Å²) in [6.45, 7) is 5.09. The summed E-state index contributed by atoms with van der Waals surface area (Å²) < 4.78 is 5.44. The zero-order valence-electron chi connectivity index (χ0n) is 14.9. The molecule has 132 valence electrons. The summed E-state index contributed by atoms with van der Waals surface area (Å²) in [4.78, 5) is 16.6. The summed E-state index contributed by atoms with van der Waals surface area (Å²) in [5, 5.41) is 2.98. The molecule has 2 aromatic rings. The van der Waals surface area contributed by atoms with E-state index in [0.717, 1.165) is 36.6 Å². The Morgan fingerprint density at radius 2 is 1.72 bits per heavy atom. The number of rotatable bonds is 4. The average Bonchev–Trinajstić information content (AvgIpc) is 2.68. The number of piperazine rings is 1. The molecule has 3 rings (SSSR count). The Bertz CT molecular complexity index is 707. The van der Waals surface area contributed by atoms with E-state index < -0.39 is 0 Å². The first kappa shape index (κ1) is 17.1. The smallest absolute Gasteiger partial charge is 0.321 e. The van der Waals surface area contributed by atoms with Crippen LogP contribution in [0.25, 0.3) is 0 Å². The quantitative estimate of drug-likeness (QED) is 0.925. The summed E-state index contributed by atoms with van der Waals surface area (Å²) in [6.07, 6.45) is 0.999. The first-order chi connectivity index (χ1) is 12.2. The highest BCUT2D eigenvalue weighted by Gasteiger charge is 2.22. The minimum absolute atomic E-state index is 0.0380. The predicted molar refractivity (Wildman–Crippen MR) is 102 cm³/mol. The molecule has 2 amide bonds. The van der Waals surface area contributed by atoms with Gasteiger partial charge in [-0.3, -0.25) is 0 Å². The number of benzene rings is 2. The molecule has 0 aromatic heterocycles. The van der Waals surface area contributed by atoms with Crippen LogP contribution < -0.4 is 15.0 Å². The van der Waals surface area contributed by atoms with Crippen molar-refractivity contribution in [2.24, 2.45) is 0 Å². The topological polar surface area (TPSA) is 44.8 Å². The van der Waals surface area contributed by atoms with Gasteiger partial charge in [-0.15, -0.1) is 0 Å². The van der Waals surface area contributed by atoms with Crippen molar-refractivity contribution in [3.63, 3.8) is 0 Å². The van der Waals surface area contributed by atoms with Crippen LogP contribution in [0.3, 0.4) is 0 Å². The number of ether oxygens (including phenoxy) is 1. The molecule has 1 heterocycles. The van der Waals surface area contributed by atoms with Crippen LogP contribution in [0, 0.1) is 0 Å². The summed E-state index contributed by atoms with van der Waals surface area (Å²) in [5.41, 5.74) is 3.19. The summed E-state index contributed by atoms with van der Waals surface area (Å²) in [7, 11) is 1.69. The van der Waals surface area contributed by atoms with E-state index in [0.29, 0.717) is 13.1 Å². The molecule has 1 saturated heterocycles. The molecule has 1 fully saturated rings. The minimum Gasteiger partial charge on any atom is -0.495 e. The maximum absolute atomic E-state index is 12.5. The van der Waals surface area contributed by atoms with Crippen molar-refractivity contribution in [2.75, 3.05) is 43.5 Å². The van der Waals surface area contributed by atoms with E-state index in [2.05, 4.69) is 35.3 Å². The number of anilines is 2. The van der Waals surface area contributed by atoms with Gasteiger partial charge in [0, 0.05) is 31.9 Å². The van der Waals surface area contributed by atoms with Gasteiger partial charge in [-0.2, -0.15) is 0 Å². The number of para-hydroxylation sites is 2. The van der Waals surface area contributed by atoms with Crippen LogP contribution in [0.2, 0.25) is 0 Å². The lowest BCUT2D eigenvalue weighted by molar-refractivity contribution is 0.208. The average molecular weight is 339 g/mol. The van der Waals surface area contributed by atoms with Crippen molar-refractivity contribution in [1.29, 1.82) is 0 Å². The van der Waals surface area contributed by atoms with Gasteiger partial charge >= 0.3 is 6.03 Å². The molecule has 1 N–H and O–H groups in total. The van der Waals surface area contributed by atoms with Crippen LogP contribution in [0.4, 0.5) is 16.2 Å². The molecule has 2 aromatic carbocycles. The molecule has 0 saturated carbocycles. The van der Waals surface area contributed by atoms with Crippen molar-refractivity contribution in [3.8, 4) is 5.75 Å². The minimum atomic E-state index is -0.0380. The second-order valence-electron chi connectivity index (χ2n) is 6.13. The highest BCUT2D eigenvalue weighted by Crippen LogP contribution is 2.28. The molecule has 1 aliphatic heterocycles. The van der Waals surface area contributed by atoms with Crippen molar-refractivity contribution >= 4 is 17.4 Å². The Morgan fingerprint density at radius 1 is 1.04 bits per heavy atom. The third-order valence-electron chi connectivity index (χ3n) is 4.61. The van der Waals surface area contributed by atoms with Gasteiger partial charge in [-0.25, -0.2) is 4.79 Å². The number of nitrogens with zero attached hydrogens (tertiary/aromatic N) is 2. The number of aryl methyl sites for hydroxylation is 1. The van der Waals surface area contributed by atoms with Crippen molar-refractivity contribution in [1.82, 2.24) is 4.90 Å². The van der Waals surface area contributed by atoms with E-state index in [4.69, 9.17) is 4.74 Å². The number of nitrogens with one attached hydrogen (secondary N) is 1. The Kier molecular flexibility index (Phi) is 5.43. The Morgan fingerprint density at radius 3 is 2.36 bits per heavy atom. The Labute approximate surface area is 149 Å². The Balaban J connectivity index is 1.57. The van der Waals surface area contributed by atoms with Crippen molar-refractivity contribution in [3.05, 3.63) is 54.1 Å². The van der Waals surface area contributed by atoms with Crippen LogP contribution in [-0.4, -0.2) is 44.2 Å². The number of urea groups is 1. The maximum Gasteiger partial charge on any atom is 0.321 e. The normalized spacial score (nSPS) is 14.3. The lowest BCUT2D eigenvalue weighted by Gasteiger charge is -2.36. The molecule has 0 spiro atoms. The van der Waals surface area contributed by atoms with Crippen LogP contribution in [0.1, 0.15) is 12.5 Å². The highest BCUT2D eigenvalue weighted by molar-refractivity contribution is 5.89. The fourth-order valence-corrected chi connectivity index (χ4v) is 3.07. The first-order valence-electron chi connectivity index (χ1n) is 8.74. The van der Waals surface area contributed by atoms with E-state index in [1.807, 2.05) is 35.2 Å². The molecule has 0 unspecified atom stereocenters. The number of carbonyl (C=O) groups is 1. The lowest BCUT2D eigenvalue weighted by atomic mass is 10.1. The van der Waals surface area contributed by atoms with Gasteiger partial charge in [0.1, 0.15) is 5.75 Å². The lowest BCUT2D eigenvalue weighted by Crippen LogP contribution is -2.50. The van der Waals surface area contributed by atoms with E-state index >= 15 is 0 Å². The molecular weight excluding hydrogens is 314 g/mol. The van der Waals surface area contributed by atoms with Gasteiger partial charge in [0.15, 0.2) is 0 Å². The Hall–Kier alpha value is -2.69. The molecule has 1 aliphatic rings. The fraction of sp³-hybridized carbons (Fsp3) is 0.350. The largest absolute Gasteiger partial charge is 0.495 e. The summed E-state index contributed by atoms with van der Waals surface area (Å²) >= 11 is 0. The third kappa shape index (κ3) is 4.05. The van der Waals surface area contributed by atoms with Gasteiger partial charge in [0.25, 0.3) is 0 Å². The molecule has 0 atom stereocenters. The predicted octanol–water partition coefficient (Wildman–Crippen LogP) is 3.61. The summed E-state index contributed by atoms with van der Waals surface area (Å²) in [5.74, 6) is 0.872. The second kappa shape index (κ2) is 7.92. The van der Waals surface area contributed by atoms with Gasteiger partial charge in [-0.1, -0.05) is 31.2 Å². The van der Waals surface area contributed by atoms with Crippen LogP contribution in [-0.2, 0) is 6.42 Å². The number of hydrogen-bond donors (Lipinski definition) is 1. The monoisotopic (exact) mass is 339 g/mol. The van der Waals surface area contributed by atoms with Gasteiger partial charge in [-0.05, 0) is 36.2 Å². The number of amides is 2. The SMILES string of the molecule is CCc1ccc(NC(=O)N2CCN(c3ccccc3OC)CC2)cc1. The molecule has 0 bridgehead atoms. The van der Waals surface area contributed by atoms with E-state index in [1.165, 1.54) is 5.56 Å². The van der Waals surface area contributed by atoms with Gasteiger partial charge in [0.2, 0.25) is 0 Å². The highest BCUT2D eigenvalue weighted by atomic mass is 16.5. The van der Waals surface area contributed by atoms with Crippen LogP contribution in [0.5, 0.6) is 5.75 Å². The molecule has 0 radical (unpaired) electrons. The molecule has 5 nitrogen and oxygen atoms in total. The molecule has 5 heteroatoms. The molecule has 0 aliphatic carbocycles. The first-order valence-corrected chi connectivity index (χ1v) is 8.74. The van der Waals surface area contributed by atoms with E-state index in [1.54, 1.807) is 7.11 Å². The van der Waals surface area contributed by atoms with Crippen LogP contribution >= 0.6 is 0 Å². The standard InChI is InChI=1S/C20H25N3O2/c1-3-16-8-10-17(11-9-16)21-20(24)23-14-12-22(13-15-23)18-6-4-5-7-19(18)25-2/h4-11H,3,12-15H2,1-2H3,(H,21,24). The van der Waals surface area contributed by atoms with E-state index in [-0.39, 0.29) is 6.03 Å². The fourth-order valence-electron chi connectivity index (χ4n) is 3.07. The zero-order valence-corrected chi connectivity index (χ0v) is 14.9. The van der Waals surface area contributed by atoms with Crippen molar-refractivity contribution in [2.45, 2.75) is 13.3 Å². The number of hydrogen-bond acceptors (Lipinski definition) is 3. The molecular formula is C20H25N3O2. The number of carbonyl (C=O) groups excluding carboxylic acids is 1. The molecule has 25 heavy (non-hydrogen) atoms. The van der Waals surface area contributed by atoms with Crippen LogP contribution in [0.15, 0.2) is 48.5 Å². The van der Waals surface area contributed by atoms with Crippen molar-refractivity contribution < 1.29 is 9.53 Å². The number of methoxy groups -OCH3 is 1.